The standard InChI is InChI=1S/C24H28N2O4S/c1-5-15-11-13-16(14-12-15)26-23(31)25-20-17-9-8-10-18(28-6-2)21(17)30-24(26,4)19(20)22(27)29-7-3/h8-14,19-20H,5-7H2,1-4H3,(H,25,31). The van der Waals surface area contributed by atoms with E-state index in [1.807, 2.05) is 49.1 Å². The molecule has 164 valence electrons. The number of anilines is 1. The van der Waals surface area contributed by atoms with Crippen LogP contribution in [0.4, 0.5) is 5.69 Å². The van der Waals surface area contributed by atoms with Gasteiger partial charge in [-0.3, -0.25) is 9.69 Å². The van der Waals surface area contributed by atoms with Crippen LogP contribution in [0.15, 0.2) is 42.5 Å². The third-order valence-corrected chi connectivity index (χ3v) is 6.23. The summed E-state index contributed by atoms with van der Waals surface area (Å²) in [5.74, 6) is 0.319. The number of ether oxygens (including phenoxy) is 3. The normalized spacial score (nSPS) is 24.0. The maximum atomic E-state index is 13.2. The topological polar surface area (TPSA) is 60.0 Å². The number of hydrogen-bond donors (Lipinski definition) is 1. The first-order chi connectivity index (χ1) is 14.9. The van der Waals surface area contributed by atoms with Gasteiger partial charge in [-0.15, -0.1) is 0 Å². The zero-order chi connectivity index (χ0) is 22.2. The van der Waals surface area contributed by atoms with Crippen molar-refractivity contribution in [1.29, 1.82) is 0 Å². The van der Waals surface area contributed by atoms with Crippen LogP contribution in [0.1, 0.15) is 44.9 Å². The predicted molar refractivity (Wildman–Crippen MR) is 124 cm³/mol. The van der Waals surface area contributed by atoms with Crippen molar-refractivity contribution >= 4 is 29.0 Å². The number of carbonyl (C=O) groups excluding carboxylic acids is 1. The lowest BCUT2D eigenvalue weighted by atomic mass is 9.79. The molecule has 2 heterocycles. The molecular formula is C24H28N2O4S. The molecule has 0 radical (unpaired) electrons. The van der Waals surface area contributed by atoms with E-state index in [1.54, 1.807) is 6.92 Å². The summed E-state index contributed by atoms with van der Waals surface area (Å²) in [6.07, 6.45) is 0.940. The molecule has 2 bridgehead atoms. The fourth-order valence-corrected chi connectivity index (χ4v) is 4.91. The van der Waals surface area contributed by atoms with E-state index in [-0.39, 0.29) is 12.0 Å². The summed E-state index contributed by atoms with van der Waals surface area (Å²) in [7, 11) is 0. The van der Waals surface area contributed by atoms with E-state index in [4.69, 9.17) is 26.4 Å². The minimum absolute atomic E-state index is 0.291. The number of thiocarbonyl (C=S) groups is 1. The number of carbonyl (C=O) groups is 1. The van der Waals surface area contributed by atoms with Crippen LogP contribution in [0.25, 0.3) is 0 Å². The van der Waals surface area contributed by atoms with Gasteiger partial charge in [0.05, 0.1) is 19.3 Å². The van der Waals surface area contributed by atoms with E-state index in [2.05, 4.69) is 24.4 Å². The van der Waals surface area contributed by atoms with E-state index in [1.165, 1.54) is 5.56 Å². The molecule has 7 heteroatoms. The molecule has 3 unspecified atom stereocenters. The van der Waals surface area contributed by atoms with Gasteiger partial charge >= 0.3 is 5.97 Å². The highest BCUT2D eigenvalue weighted by atomic mass is 32.1. The summed E-state index contributed by atoms with van der Waals surface area (Å²) < 4.78 is 17.9. The molecule has 0 saturated carbocycles. The maximum absolute atomic E-state index is 13.2. The fraction of sp³-hybridized carbons (Fsp3) is 0.417. The van der Waals surface area contributed by atoms with Crippen molar-refractivity contribution in [1.82, 2.24) is 5.32 Å². The molecular weight excluding hydrogens is 412 g/mol. The van der Waals surface area contributed by atoms with Crippen LogP contribution in [0.2, 0.25) is 0 Å². The van der Waals surface area contributed by atoms with Crippen LogP contribution in [-0.2, 0) is 16.0 Å². The van der Waals surface area contributed by atoms with Gasteiger partial charge in [-0.2, -0.15) is 0 Å². The number of esters is 1. The molecule has 2 aliphatic heterocycles. The Morgan fingerprint density at radius 3 is 2.55 bits per heavy atom. The zero-order valence-electron chi connectivity index (χ0n) is 18.3. The van der Waals surface area contributed by atoms with Gasteiger partial charge in [0.15, 0.2) is 16.6 Å². The molecule has 1 saturated heterocycles. The second-order valence-electron chi connectivity index (χ2n) is 7.78. The monoisotopic (exact) mass is 440 g/mol. The van der Waals surface area contributed by atoms with Gasteiger partial charge in [-0.05, 0) is 63.2 Å². The highest BCUT2D eigenvalue weighted by Crippen LogP contribution is 2.52. The second kappa shape index (κ2) is 8.38. The predicted octanol–water partition coefficient (Wildman–Crippen LogP) is 4.37. The summed E-state index contributed by atoms with van der Waals surface area (Å²) in [5, 5.41) is 3.89. The first-order valence-corrected chi connectivity index (χ1v) is 11.2. The first-order valence-electron chi connectivity index (χ1n) is 10.8. The smallest absolute Gasteiger partial charge is 0.317 e. The van der Waals surface area contributed by atoms with Crippen LogP contribution in [-0.4, -0.2) is 30.0 Å². The van der Waals surface area contributed by atoms with Crippen molar-refractivity contribution in [2.45, 2.75) is 45.9 Å². The maximum Gasteiger partial charge on any atom is 0.317 e. The van der Waals surface area contributed by atoms with Gasteiger partial charge in [0.1, 0.15) is 5.92 Å². The van der Waals surface area contributed by atoms with Crippen LogP contribution in [0.3, 0.4) is 0 Å². The lowest BCUT2D eigenvalue weighted by molar-refractivity contribution is -0.159. The Hall–Kier alpha value is -2.80. The average molecular weight is 441 g/mol. The fourth-order valence-electron chi connectivity index (χ4n) is 4.50. The molecule has 1 fully saturated rings. The van der Waals surface area contributed by atoms with Gasteiger partial charge in [0.25, 0.3) is 0 Å². The lowest BCUT2D eigenvalue weighted by Crippen LogP contribution is -2.71. The number of fused-ring (bicyclic) bond motifs is 4. The Labute approximate surface area is 188 Å². The number of para-hydroxylation sites is 1. The van der Waals surface area contributed by atoms with Crippen molar-refractivity contribution in [3.8, 4) is 11.5 Å². The molecule has 6 nitrogen and oxygen atoms in total. The van der Waals surface area contributed by atoms with Crippen molar-refractivity contribution in [3.05, 3.63) is 53.6 Å². The highest BCUT2D eigenvalue weighted by molar-refractivity contribution is 7.80. The average Bonchev–Trinajstić information content (AvgIpc) is 2.74. The molecule has 2 aliphatic rings. The van der Waals surface area contributed by atoms with Crippen LogP contribution < -0.4 is 19.7 Å². The number of hydrogen-bond acceptors (Lipinski definition) is 5. The Balaban J connectivity index is 1.88. The Morgan fingerprint density at radius 2 is 1.90 bits per heavy atom. The van der Waals surface area contributed by atoms with Gasteiger partial charge in [0.2, 0.25) is 5.72 Å². The van der Waals surface area contributed by atoms with Crippen molar-refractivity contribution in [3.63, 3.8) is 0 Å². The molecule has 2 aromatic carbocycles. The minimum atomic E-state index is -1.09. The Bertz CT molecular complexity index is 994. The van der Waals surface area contributed by atoms with E-state index in [9.17, 15) is 4.79 Å². The van der Waals surface area contributed by atoms with Gasteiger partial charge in [-0.25, -0.2) is 0 Å². The summed E-state index contributed by atoms with van der Waals surface area (Å²) in [6.45, 7) is 8.55. The number of rotatable bonds is 6. The number of aryl methyl sites for hydroxylation is 1. The second-order valence-corrected chi connectivity index (χ2v) is 8.16. The van der Waals surface area contributed by atoms with Crippen LogP contribution >= 0.6 is 12.2 Å². The van der Waals surface area contributed by atoms with Gasteiger partial charge in [0, 0.05) is 11.3 Å². The molecule has 2 aromatic rings. The van der Waals surface area contributed by atoms with E-state index >= 15 is 0 Å². The molecule has 1 N–H and O–H groups in total. The largest absolute Gasteiger partial charge is 0.490 e. The summed E-state index contributed by atoms with van der Waals surface area (Å²) in [6, 6.07) is 13.5. The molecule has 0 aliphatic carbocycles. The SMILES string of the molecule is CCOC(=O)C1C2NC(=S)N(c3ccc(CC)cc3)C1(C)Oc1c(OCC)cccc12. The van der Waals surface area contributed by atoms with Gasteiger partial charge in [-0.1, -0.05) is 31.2 Å². The zero-order valence-corrected chi connectivity index (χ0v) is 19.1. The number of benzene rings is 2. The summed E-state index contributed by atoms with van der Waals surface area (Å²) >= 11 is 5.77. The van der Waals surface area contributed by atoms with Gasteiger partial charge < -0.3 is 19.5 Å². The summed E-state index contributed by atoms with van der Waals surface area (Å²) in [4.78, 5) is 15.1. The Morgan fingerprint density at radius 1 is 1.16 bits per heavy atom. The number of nitrogens with one attached hydrogen (secondary N) is 1. The van der Waals surface area contributed by atoms with Crippen LogP contribution in [0.5, 0.6) is 11.5 Å². The van der Waals surface area contributed by atoms with E-state index in [0.717, 1.165) is 17.7 Å². The van der Waals surface area contributed by atoms with Crippen molar-refractivity contribution in [2.24, 2.45) is 5.92 Å². The third kappa shape index (κ3) is 3.51. The van der Waals surface area contributed by atoms with Crippen molar-refractivity contribution < 1.29 is 19.0 Å². The first kappa shape index (κ1) is 21.4. The molecule has 4 rings (SSSR count). The summed E-state index contributed by atoms with van der Waals surface area (Å²) in [5.41, 5.74) is 1.82. The quantitative estimate of drug-likeness (QED) is 0.529. The van der Waals surface area contributed by atoms with E-state index < -0.39 is 11.6 Å². The molecule has 0 spiro atoms. The molecule has 3 atom stereocenters. The Kier molecular flexibility index (Phi) is 5.79. The highest BCUT2D eigenvalue weighted by Gasteiger charge is 2.60. The van der Waals surface area contributed by atoms with Crippen LogP contribution in [0, 0.1) is 5.92 Å². The third-order valence-electron chi connectivity index (χ3n) is 5.93. The molecule has 0 aromatic heterocycles. The minimum Gasteiger partial charge on any atom is -0.490 e. The number of nitrogens with zero attached hydrogens (tertiary/aromatic N) is 1. The molecule has 31 heavy (non-hydrogen) atoms. The lowest BCUT2D eigenvalue weighted by Gasteiger charge is -2.55. The van der Waals surface area contributed by atoms with E-state index in [0.29, 0.717) is 29.8 Å². The van der Waals surface area contributed by atoms with Crippen molar-refractivity contribution in [2.75, 3.05) is 18.1 Å². The molecule has 0 amide bonds.